The van der Waals surface area contributed by atoms with Gasteiger partial charge < -0.3 is 15.2 Å². The van der Waals surface area contributed by atoms with Crippen molar-refractivity contribution in [1.29, 1.82) is 0 Å². The molecule has 1 saturated heterocycles. The van der Waals surface area contributed by atoms with Crippen LogP contribution in [0.1, 0.15) is 19.8 Å². The quantitative estimate of drug-likeness (QED) is 0.756. The predicted molar refractivity (Wildman–Crippen MR) is 61.5 cm³/mol. The van der Waals surface area contributed by atoms with Crippen molar-refractivity contribution in [3.8, 4) is 0 Å². The number of hydrogen-bond acceptors (Lipinski definition) is 4. The van der Waals surface area contributed by atoms with E-state index in [2.05, 4.69) is 5.32 Å². The molecule has 1 fully saturated rings. The van der Waals surface area contributed by atoms with Gasteiger partial charge in [0.05, 0.1) is 0 Å². The van der Waals surface area contributed by atoms with Gasteiger partial charge in [0.25, 0.3) is 0 Å². The lowest BCUT2D eigenvalue weighted by Crippen LogP contribution is -2.58. The second-order valence-electron chi connectivity index (χ2n) is 3.87. The molecule has 1 aliphatic heterocycles. The van der Waals surface area contributed by atoms with Crippen LogP contribution in [0.25, 0.3) is 0 Å². The van der Waals surface area contributed by atoms with Gasteiger partial charge in [-0.05, 0) is 31.3 Å². The minimum atomic E-state index is -1.10. The maximum Gasteiger partial charge on any atom is 0.329 e. The van der Waals surface area contributed by atoms with Crippen LogP contribution in [-0.2, 0) is 14.3 Å². The van der Waals surface area contributed by atoms with Crippen molar-refractivity contribution in [2.45, 2.75) is 31.4 Å². The number of ether oxygens (including phenoxy) is 1. The van der Waals surface area contributed by atoms with Crippen LogP contribution < -0.4 is 5.32 Å². The van der Waals surface area contributed by atoms with E-state index in [-0.39, 0.29) is 5.91 Å². The maximum atomic E-state index is 11.6. The Morgan fingerprint density at radius 2 is 2.00 bits per heavy atom. The molecule has 1 atom stereocenters. The minimum Gasteiger partial charge on any atom is -0.480 e. The Hall–Kier alpha value is -0.750. The van der Waals surface area contributed by atoms with Crippen LogP contribution in [-0.4, -0.2) is 47.2 Å². The Balaban J connectivity index is 2.71. The molecule has 0 radical (unpaired) electrons. The van der Waals surface area contributed by atoms with E-state index in [4.69, 9.17) is 4.74 Å². The molecule has 2 N–H and O–H groups in total. The molecule has 16 heavy (non-hydrogen) atoms. The van der Waals surface area contributed by atoms with Gasteiger partial charge in [0.2, 0.25) is 5.91 Å². The lowest BCUT2D eigenvalue weighted by molar-refractivity contribution is -0.149. The fourth-order valence-electron chi connectivity index (χ4n) is 1.56. The van der Waals surface area contributed by atoms with Gasteiger partial charge in [-0.2, -0.15) is 11.8 Å². The van der Waals surface area contributed by atoms with Gasteiger partial charge in [-0.1, -0.05) is 0 Å². The Bertz CT molecular complexity index is 276. The summed E-state index contributed by atoms with van der Waals surface area (Å²) in [5.74, 6) is 0.197. The first kappa shape index (κ1) is 13.3. The number of carbonyl (C=O) groups is 2. The smallest absolute Gasteiger partial charge is 0.329 e. The molecule has 1 heterocycles. The second-order valence-corrected chi connectivity index (χ2v) is 5.09. The number of thioether (sulfide) groups is 1. The third kappa shape index (κ3) is 2.89. The molecule has 0 aromatic rings. The summed E-state index contributed by atoms with van der Waals surface area (Å²) < 4.78 is 4.87. The summed E-state index contributed by atoms with van der Waals surface area (Å²) in [6, 6.07) is 0. The fraction of sp³-hybridized carbons (Fsp3) is 0.800. The largest absolute Gasteiger partial charge is 0.480 e. The molecule has 5 nitrogen and oxygen atoms in total. The Labute approximate surface area is 98.9 Å². The number of methoxy groups -OCH3 is 1. The molecular formula is C10H17NO4S. The van der Waals surface area contributed by atoms with Crippen molar-refractivity contribution in [3.63, 3.8) is 0 Å². The molecule has 0 aliphatic carbocycles. The number of nitrogens with one attached hydrogen (secondary N) is 1. The lowest BCUT2D eigenvalue weighted by Gasteiger charge is -2.34. The van der Waals surface area contributed by atoms with E-state index < -0.39 is 17.6 Å². The van der Waals surface area contributed by atoms with Crippen LogP contribution in [0.15, 0.2) is 0 Å². The standard InChI is InChI=1S/C10H17NO4S/c1-7(15-2)8(12)11-10(9(13)14)3-5-16-6-4-10/h7H,3-6H2,1-2H3,(H,11,12)(H,13,14). The van der Waals surface area contributed by atoms with Gasteiger partial charge in [0, 0.05) is 7.11 Å². The summed E-state index contributed by atoms with van der Waals surface area (Å²) in [6.45, 7) is 1.60. The zero-order chi connectivity index (χ0) is 12.2. The van der Waals surface area contributed by atoms with Gasteiger partial charge in [0.1, 0.15) is 11.6 Å². The summed E-state index contributed by atoms with van der Waals surface area (Å²) in [5, 5.41) is 11.8. The Morgan fingerprint density at radius 1 is 1.44 bits per heavy atom. The molecule has 0 saturated carbocycles. The molecule has 0 bridgehead atoms. The Kier molecular flexibility index (Phi) is 4.61. The molecule has 1 aliphatic rings. The highest BCUT2D eigenvalue weighted by atomic mass is 32.2. The highest BCUT2D eigenvalue weighted by molar-refractivity contribution is 7.99. The van der Waals surface area contributed by atoms with Gasteiger partial charge in [0.15, 0.2) is 0 Å². The number of rotatable bonds is 4. The van der Waals surface area contributed by atoms with Crippen LogP contribution in [0.2, 0.25) is 0 Å². The SMILES string of the molecule is COC(C)C(=O)NC1(C(=O)O)CCSCC1. The van der Waals surface area contributed by atoms with Crippen LogP contribution in [0.3, 0.4) is 0 Å². The number of aliphatic carboxylic acids is 1. The van der Waals surface area contributed by atoms with E-state index in [0.29, 0.717) is 12.8 Å². The van der Waals surface area contributed by atoms with Crippen molar-refractivity contribution < 1.29 is 19.4 Å². The number of amides is 1. The summed E-state index contributed by atoms with van der Waals surface area (Å²) in [7, 11) is 1.43. The maximum absolute atomic E-state index is 11.6. The normalized spacial score (nSPS) is 21.1. The monoisotopic (exact) mass is 247 g/mol. The molecular weight excluding hydrogens is 230 g/mol. The van der Waals surface area contributed by atoms with Gasteiger partial charge >= 0.3 is 5.97 Å². The number of carbonyl (C=O) groups excluding carboxylic acids is 1. The predicted octanol–water partition coefficient (Wildman–Crippen LogP) is 0.488. The van der Waals surface area contributed by atoms with Crippen molar-refractivity contribution in [1.82, 2.24) is 5.32 Å². The first-order valence-corrected chi connectivity index (χ1v) is 6.33. The van der Waals surface area contributed by atoms with E-state index in [1.54, 1.807) is 18.7 Å². The molecule has 92 valence electrons. The van der Waals surface area contributed by atoms with Gasteiger partial charge in [-0.25, -0.2) is 4.79 Å². The molecule has 1 unspecified atom stereocenters. The van der Waals surface area contributed by atoms with Crippen LogP contribution >= 0.6 is 11.8 Å². The number of carboxylic acid groups (broad SMARTS) is 1. The summed E-state index contributed by atoms with van der Waals surface area (Å²) >= 11 is 1.71. The zero-order valence-corrected chi connectivity index (χ0v) is 10.3. The Morgan fingerprint density at radius 3 is 2.44 bits per heavy atom. The summed E-state index contributed by atoms with van der Waals surface area (Å²) in [6.07, 6.45) is 0.315. The summed E-state index contributed by atoms with van der Waals surface area (Å²) in [4.78, 5) is 22.9. The second kappa shape index (κ2) is 5.54. The molecule has 1 amide bonds. The van der Waals surface area contributed by atoms with Crippen LogP contribution in [0.4, 0.5) is 0 Å². The van der Waals surface area contributed by atoms with Crippen LogP contribution in [0, 0.1) is 0 Å². The van der Waals surface area contributed by atoms with Crippen LogP contribution in [0.5, 0.6) is 0 Å². The highest BCUT2D eigenvalue weighted by Crippen LogP contribution is 2.27. The topological polar surface area (TPSA) is 75.6 Å². The lowest BCUT2D eigenvalue weighted by atomic mass is 9.92. The molecule has 6 heteroatoms. The van der Waals surface area contributed by atoms with E-state index in [9.17, 15) is 14.7 Å². The molecule has 0 aromatic heterocycles. The van der Waals surface area contributed by atoms with E-state index in [1.807, 2.05) is 0 Å². The van der Waals surface area contributed by atoms with Crippen molar-refractivity contribution in [3.05, 3.63) is 0 Å². The van der Waals surface area contributed by atoms with Crippen molar-refractivity contribution >= 4 is 23.6 Å². The zero-order valence-electron chi connectivity index (χ0n) is 9.49. The van der Waals surface area contributed by atoms with Gasteiger partial charge in [-0.3, -0.25) is 4.79 Å². The van der Waals surface area contributed by atoms with Gasteiger partial charge in [-0.15, -0.1) is 0 Å². The first-order valence-electron chi connectivity index (χ1n) is 5.18. The number of carboxylic acids is 1. The van der Waals surface area contributed by atoms with E-state index >= 15 is 0 Å². The van der Waals surface area contributed by atoms with Crippen molar-refractivity contribution in [2.24, 2.45) is 0 Å². The van der Waals surface area contributed by atoms with E-state index in [0.717, 1.165) is 11.5 Å². The fourth-order valence-corrected chi connectivity index (χ4v) is 2.75. The number of hydrogen-bond donors (Lipinski definition) is 2. The molecule has 1 rings (SSSR count). The minimum absolute atomic E-state index is 0.364. The third-order valence-electron chi connectivity index (χ3n) is 2.84. The van der Waals surface area contributed by atoms with Crippen molar-refractivity contribution in [2.75, 3.05) is 18.6 Å². The average Bonchev–Trinajstić information content (AvgIpc) is 2.28. The summed E-state index contributed by atoms with van der Waals surface area (Å²) in [5.41, 5.74) is -1.10. The average molecular weight is 247 g/mol. The van der Waals surface area contributed by atoms with E-state index in [1.165, 1.54) is 7.11 Å². The highest BCUT2D eigenvalue weighted by Gasteiger charge is 2.41. The molecule has 0 aromatic carbocycles. The third-order valence-corrected chi connectivity index (χ3v) is 3.83. The molecule has 0 spiro atoms. The first-order chi connectivity index (χ1) is 7.52.